The van der Waals surface area contributed by atoms with Crippen LogP contribution in [0.4, 0.5) is 5.69 Å². The Morgan fingerprint density at radius 1 is 1.25 bits per heavy atom. The van der Waals surface area contributed by atoms with Gasteiger partial charge in [-0.1, -0.05) is 17.9 Å². The molecule has 3 aromatic rings. The van der Waals surface area contributed by atoms with E-state index in [0.29, 0.717) is 21.9 Å². The number of hydrogen-bond acceptors (Lipinski definition) is 5. The number of rotatable bonds is 7. The molecule has 2 N–H and O–H groups in total. The van der Waals surface area contributed by atoms with Crippen LogP contribution in [-0.2, 0) is 0 Å². The fourth-order valence-electron chi connectivity index (χ4n) is 3.04. The maximum atomic E-state index is 12.5. The molecule has 0 aliphatic heterocycles. The van der Waals surface area contributed by atoms with Gasteiger partial charge in [0.25, 0.3) is 0 Å². The molecule has 2 aromatic carbocycles. The molecule has 0 unspecified atom stereocenters. The monoisotopic (exact) mass is 397 g/mol. The van der Waals surface area contributed by atoms with E-state index in [1.165, 1.54) is 15.8 Å². The first-order chi connectivity index (χ1) is 13.6. The zero-order valence-electron chi connectivity index (χ0n) is 16.1. The van der Waals surface area contributed by atoms with Crippen LogP contribution in [0.3, 0.4) is 0 Å². The Bertz CT molecular complexity index is 1040. The van der Waals surface area contributed by atoms with Crippen LogP contribution in [0.2, 0.25) is 0 Å². The molecule has 8 heteroatoms. The number of aromatic amines is 1. The van der Waals surface area contributed by atoms with E-state index in [1.54, 1.807) is 19.2 Å². The molecule has 0 fully saturated rings. The topological polar surface area (TPSA) is 82.7 Å². The van der Waals surface area contributed by atoms with E-state index in [9.17, 15) is 5.11 Å². The van der Waals surface area contributed by atoms with E-state index >= 15 is 0 Å². The van der Waals surface area contributed by atoms with E-state index in [-0.39, 0.29) is 5.75 Å². The van der Waals surface area contributed by atoms with Crippen molar-refractivity contribution in [1.82, 2.24) is 14.9 Å². The first-order valence-electron chi connectivity index (χ1n) is 9.10. The normalized spacial score (nSPS) is 11.4. The number of H-pyrrole nitrogens is 1. The quantitative estimate of drug-likeness (QED) is 0.473. The summed E-state index contributed by atoms with van der Waals surface area (Å²) in [5.41, 5.74) is 2.23. The molecular formula is C20H23N5O2S. The predicted molar refractivity (Wildman–Crippen MR) is 110 cm³/mol. The maximum Gasteiger partial charge on any atom is 0.216 e. The van der Waals surface area contributed by atoms with Crippen LogP contribution < -0.4 is 14.7 Å². The van der Waals surface area contributed by atoms with Crippen molar-refractivity contribution in [2.75, 3.05) is 20.2 Å². The van der Waals surface area contributed by atoms with E-state index in [1.807, 2.05) is 30.3 Å². The Morgan fingerprint density at radius 3 is 2.68 bits per heavy atom. The molecule has 0 aliphatic rings. The third-order valence-corrected chi connectivity index (χ3v) is 4.85. The molecule has 0 radical (unpaired) electrons. The van der Waals surface area contributed by atoms with Crippen LogP contribution in [-0.4, -0.2) is 41.3 Å². The molecule has 1 aromatic heterocycles. The van der Waals surface area contributed by atoms with Gasteiger partial charge in [0.05, 0.1) is 32.0 Å². The lowest BCUT2D eigenvalue weighted by atomic mass is 10.2. The standard InChI is InChI=1S/C20H23N5O2S/c1-4-24(5-2)15-11-10-14(17(26)12-15)13-21-25-19(22-23-20(25)28)16-8-6-7-9-18(16)27-3/h6-13,26H,4-5H2,1-3H3,(H,23,28). The van der Waals surface area contributed by atoms with Crippen LogP contribution in [0.5, 0.6) is 11.5 Å². The van der Waals surface area contributed by atoms with Crippen molar-refractivity contribution in [3.05, 3.63) is 52.8 Å². The van der Waals surface area contributed by atoms with Gasteiger partial charge >= 0.3 is 0 Å². The van der Waals surface area contributed by atoms with E-state index in [0.717, 1.165) is 24.3 Å². The lowest BCUT2D eigenvalue weighted by molar-refractivity contribution is -0.828. The highest BCUT2D eigenvalue weighted by molar-refractivity contribution is 7.71. The molecule has 0 spiro atoms. The summed E-state index contributed by atoms with van der Waals surface area (Å²) in [5, 5.41) is 23.9. The van der Waals surface area contributed by atoms with Crippen molar-refractivity contribution < 1.29 is 14.7 Å². The van der Waals surface area contributed by atoms with Gasteiger partial charge in [0, 0.05) is 0 Å². The minimum absolute atomic E-state index is 0.0745. The average Bonchev–Trinajstić information content (AvgIpc) is 3.08. The number of hydrogen-bond donors (Lipinski definition) is 2. The minimum Gasteiger partial charge on any atom is -0.872 e. The third kappa shape index (κ3) is 3.97. The summed E-state index contributed by atoms with van der Waals surface area (Å²) >= 11 is 5.30. The van der Waals surface area contributed by atoms with Gasteiger partial charge in [-0.2, -0.15) is 14.9 Å². The van der Waals surface area contributed by atoms with Gasteiger partial charge in [0.2, 0.25) is 4.77 Å². The minimum atomic E-state index is -0.0745. The number of methoxy groups -OCH3 is 1. The van der Waals surface area contributed by atoms with Crippen molar-refractivity contribution in [2.45, 2.75) is 13.8 Å². The van der Waals surface area contributed by atoms with Gasteiger partial charge in [-0.15, -0.1) is 0 Å². The Labute approximate surface area is 168 Å². The second-order valence-electron chi connectivity index (χ2n) is 6.17. The number of aromatic nitrogens is 3. The SMILES string of the molecule is CC[NH+](CC)c1ccc(C=Nn2c(-c3ccccc3OC)n[nH]c2=S)c([O-])c1. The molecule has 1 heterocycles. The number of benzene rings is 2. The van der Waals surface area contributed by atoms with Crippen LogP contribution >= 0.6 is 12.2 Å². The number of nitrogens with one attached hydrogen (secondary N) is 2. The molecule has 0 atom stereocenters. The van der Waals surface area contributed by atoms with Gasteiger partial charge in [-0.3, -0.25) is 0 Å². The Kier molecular flexibility index (Phi) is 6.23. The molecule has 7 nitrogen and oxygen atoms in total. The molecule has 0 amide bonds. The van der Waals surface area contributed by atoms with Gasteiger partial charge in [0.1, 0.15) is 11.4 Å². The lowest BCUT2D eigenvalue weighted by Gasteiger charge is -2.18. The summed E-state index contributed by atoms with van der Waals surface area (Å²) in [4.78, 5) is 1.26. The van der Waals surface area contributed by atoms with Gasteiger partial charge < -0.3 is 14.7 Å². The van der Waals surface area contributed by atoms with Crippen molar-refractivity contribution in [3.63, 3.8) is 0 Å². The van der Waals surface area contributed by atoms with E-state index in [4.69, 9.17) is 17.0 Å². The number of para-hydroxylation sites is 1. The smallest absolute Gasteiger partial charge is 0.216 e. The number of ether oxygens (including phenoxy) is 1. The highest BCUT2D eigenvalue weighted by Crippen LogP contribution is 2.28. The molecular weight excluding hydrogens is 374 g/mol. The van der Waals surface area contributed by atoms with Gasteiger partial charge in [-0.25, -0.2) is 5.10 Å². The van der Waals surface area contributed by atoms with E-state index < -0.39 is 0 Å². The maximum absolute atomic E-state index is 12.5. The van der Waals surface area contributed by atoms with E-state index in [2.05, 4.69) is 29.1 Å². The Balaban J connectivity index is 1.96. The molecule has 3 rings (SSSR count). The first kappa shape index (κ1) is 19.8. The van der Waals surface area contributed by atoms with Crippen LogP contribution in [0.15, 0.2) is 47.6 Å². The Hall–Kier alpha value is -2.97. The summed E-state index contributed by atoms with van der Waals surface area (Å²) in [5.74, 6) is 1.09. The summed E-state index contributed by atoms with van der Waals surface area (Å²) in [7, 11) is 1.59. The Morgan fingerprint density at radius 2 is 2.00 bits per heavy atom. The second kappa shape index (κ2) is 8.81. The lowest BCUT2D eigenvalue weighted by Crippen LogP contribution is -3.06. The fraction of sp³-hybridized carbons (Fsp3) is 0.250. The van der Waals surface area contributed by atoms with Crippen molar-refractivity contribution in [3.8, 4) is 22.9 Å². The zero-order valence-corrected chi connectivity index (χ0v) is 16.9. The molecule has 146 valence electrons. The molecule has 0 saturated carbocycles. The highest BCUT2D eigenvalue weighted by Gasteiger charge is 2.13. The van der Waals surface area contributed by atoms with Gasteiger partial charge in [-0.05, 0) is 62.0 Å². The highest BCUT2D eigenvalue weighted by atomic mass is 32.1. The average molecular weight is 398 g/mol. The molecule has 0 saturated heterocycles. The van der Waals surface area contributed by atoms with Gasteiger partial charge in [0.15, 0.2) is 5.82 Å². The van der Waals surface area contributed by atoms with Crippen molar-refractivity contribution >= 4 is 24.1 Å². The molecule has 28 heavy (non-hydrogen) atoms. The fourth-order valence-corrected chi connectivity index (χ4v) is 3.22. The second-order valence-corrected chi connectivity index (χ2v) is 6.56. The summed E-state index contributed by atoms with van der Waals surface area (Å²) in [6, 6.07) is 12.9. The number of quaternary nitrogens is 1. The predicted octanol–water partition coefficient (Wildman–Crippen LogP) is 2.13. The summed E-state index contributed by atoms with van der Waals surface area (Å²) in [6.07, 6.45) is 1.51. The molecule has 0 bridgehead atoms. The third-order valence-electron chi connectivity index (χ3n) is 4.59. The van der Waals surface area contributed by atoms with Crippen LogP contribution in [0.1, 0.15) is 19.4 Å². The summed E-state index contributed by atoms with van der Waals surface area (Å²) in [6.45, 7) is 6.04. The van der Waals surface area contributed by atoms with Crippen LogP contribution in [0, 0.1) is 4.77 Å². The number of nitrogens with zero attached hydrogens (tertiary/aromatic N) is 3. The first-order valence-corrected chi connectivity index (χ1v) is 9.51. The van der Waals surface area contributed by atoms with Crippen molar-refractivity contribution in [1.29, 1.82) is 0 Å². The largest absolute Gasteiger partial charge is 0.872 e. The molecule has 0 aliphatic carbocycles. The zero-order chi connectivity index (χ0) is 20.1. The van der Waals surface area contributed by atoms with Crippen molar-refractivity contribution in [2.24, 2.45) is 5.10 Å². The van der Waals surface area contributed by atoms with Crippen LogP contribution in [0.25, 0.3) is 11.4 Å². The summed E-state index contributed by atoms with van der Waals surface area (Å²) < 4.78 is 7.21.